The van der Waals surface area contributed by atoms with Crippen molar-refractivity contribution in [2.75, 3.05) is 6.61 Å². The van der Waals surface area contributed by atoms with Crippen LogP contribution < -0.4 is 0 Å². The minimum atomic E-state index is -0.906. The number of aliphatic hydroxyl groups is 1. The summed E-state index contributed by atoms with van der Waals surface area (Å²) >= 11 is 3.62. The standard InChI is InChI=1S/C9H15BrO2/c1-3-4-9(11)8(10)5-7(8,2)6-12-9/h11H,3-6H2,1-2H3/t7-,8+,9-/m0/s1. The molecule has 1 saturated carbocycles. The molecule has 0 bridgehead atoms. The van der Waals surface area contributed by atoms with Gasteiger partial charge in [-0.3, -0.25) is 0 Å². The second kappa shape index (κ2) is 2.25. The van der Waals surface area contributed by atoms with Gasteiger partial charge in [-0.15, -0.1) is 0 Å². The highest BCUT2D eigenvalue weighted by Crippen LogP contribution is 2.72. The molecular weight excluding hydrogens is 220 g/mol. The Morgan fingerprint density at radius 1 is 1.58 bits per heavy atom. The van der Waals surface area contributed by atoms with Gasteiger partial charge in [0.2, 0.25) is 0 Å². The molecule has 3 heteroatoms. The molecule has 0 aromatic rings. The highest BCUT2D eigenvalue weighted by Gasteiger charge is 2.78. The number of alkyl halides is 1. The maximum atomic E-state index is 10.2. The van der Waals surface area contributed by atoms with Crippen LogP contribution in [0.2, 0.25) is 0 Å². The predicted molar refractivity (Wildman–Crippen MR) is 50.2 cm³/mol. The highest BCUT2D eigenvalue weighted by atomic mass is 79.9. The molecule has 0 aromatic heterocycles. The van der Waals surface area contributed by atoms with Gasteiger partial charge in [-0.25, -0.2) is 0 Å². The SMILES string of the molecule is CCC[C@]1(O)OC[C@]2(C)C[C@@]21Br. The molecule has 0 radical (unpaired) electrons. The first-order valence-corrected chi connectivity index (χ1v) is 5.32. The molecular formula is C9H15BrO2. The van der Waals surface area contributed by atoms with Gasteiger partial charge in [-0.05, 0) is 6.42 Å². The van der Waals surface area contributed by atoms with Crippen molar-refractivity contribution in [2.45, 2.75) is 43.2 Å². The van der Waals surface area contributed by atoms with E-state index in [9.17, 15) is 5.11 Å². The largest absolute Gasteiger partial charge is 0.364 e. The Hall–Kier alpha value is 0.400. The molecule has 0 unspecified atom stereocenters. The monoisotopic (exact) mass is 234 g/mol. The van der Waals surface area contributed by atoms with Gasteiger partial charge in [-0.1, -0.05) is 36.2 Å². The Morgan fingerprint density at radius 3 is 2.58 bits per heavy atom. The molecule has 0 aromatic carbocycles. The topological polar surface area (TPSA) is 29.5 Å². The van der Waals surface area contributed by atoms with E-state index >= 15 is 0 Å². The van der Waals surface area contributed by atoms with Gasteiger partial charge in [-0.2, -0.15) is 0 Å². The van der Waals surface area contributed by atoms with Crippen molar-refractivity contribution in [3.8, 4) is 0 Å². The van der Waals surface area contributed by atoms with E-state index in [4.69, 9.17) is 4.74 Å². The van der Waals surface area contributed by atoms with Crippen LogP contribution in [0.5, 0.6) is 0 Å². The first-order valence-electron chi connectivity index (χ1n) is 4.53. The zero-order valence-corrected chi connectivity index (χ0v) is 9.15. The molecule has 70 valence electrons. The van der Waals surface area contributed by atoms with Gasteiger partial charge in [0, 0.05) is 11.8 Å². The van der Waals surface area contributed by atoms with Gasteiger partial charge in [0.05, 0.1) is 10.9 Å². The van der Waals surface area contributed by atoms with Crippen LogP contribution in [0.25, 0.3) is 0 Å². The number of rotatable bonds is 2. The summed E-state index contributed by atoms with van der Waals surface area (Å²) in [5.74, 6) is -0.906. The normalized spacial score (nSPS) is 57.0. The summed E-state index contributed by atoms with van der Waals surface area (Å²) in [7, 11) is 0. The summed E-state index contributed by atoms with van der Waals surface area (Å²) in [6.07, 6.45) is 2.73. The van der Waals surface area contributed by atoms with E-state index in [1.807, 2.05) is 0 Å². The van der Waals surface area contributed by atoms with Crippen molar-refractivity contribution in [2.24, 2.45) is 5.41 Å². The molecule has 2 aliphatic rings. The van der Waals surface area contributed by atoms with E-state index in [1.54, 1.807) is 0 Å². The molecule has 1 heterocycles. The summed E-state index contributed by atoms with van der Waals surface area (Å²) < 4.78 is 5.31. The van der Waals surface area contributed by atoms with Gasteiger partial charge in [0.25, 0.3) is 0 Å². The maximum absolute atomic E-state index is 10.2. The number of hydrogen-bond acceptors (Lipinski definition) is 2. The molecule has 0 spiro atoms. The smallest absolute Gasteiger partial charge is 0.181 e. The summed E-state index contributed by atoms with van der Waals surface area (Å²) in [5, 5.41) is 10.2. The van der Waals surface area contributed by atoms with Crippen LogP contribution in [0.4, 0.5) is 0 Å². The van der Waals surface area contributed by atoms with Crippen molar-refractivity contribution in [3.05, 3.63) is 0 Å². The zero-order chi connectivity index (χ0) is 9.04. The minimum absolute atomic E-state index is 0.150. The van der Waals surface area contributed by atoms with Gasteiger partial charge in [0.15, 0.2) is 5.79 Å². The lowest BCUT2D eigenvalue weighted by molar-refractivity contribution is -0.188. The van der Waals surface area contributed by atoms with Crippen LogP contribution >= 0.6 is 15.9 Å². The average Bonchev–Trinajstić information content (AvgIpc) is 2.48. The number of halogens is 1. The summed E-state index contributed by atoms with van der Waals surface area (Å²) in [6.45, 7) is 4.92. The van der Waals surface area contributed by atoms with E-state index in [2.05, 4.69) is 29.8 Å². The molecule has 1 aliphatic carbocycles. The van der Waals surface area contributed by atoms with Gasteiger partial charge in [0.1, 0.15) is 0 Å². The molecule has 3 atom stereocenters. The minimum Gasteiger partial charge on any atom is -0.364 e. The molecule has 0 amide bonds. The average molecular weight is 235 g/mol. The van der Waals surface area contributed by atoms with Gasteiger partial charge < -0.3 is 9.84 Å². The third-order valence-electron chi connectivity index (χ3n) is 3.30. The lowest BCUT2D eigenvalue weighted by atomic mass is 10.0. The predicted octanol–water partition coefficient (Wildman–Crippen LogP) is 2.05. The second-order valence-corrected chi connectivity index (χ2v) is 5.72. The second-order valence-electron chi connectivity index (χ2n) is 4.36. The van der Waals surface area contributed by atoms with Crippen molar-refractivity contribution >= 4 is 15.9 Å². The lowest BCUT2D eigenvalue weighted by Gasteiger charge is -2.28. The quantitative estimate of drug-likeness (QED) is 0.742. The van der Waals surface area contributed by atoms with E-state index in [0.29, 0.717) is 6.61 Å². The third kappa shape index (κ3) is 0.824. The first-order chi connectivity index (χ1) is 5.47. The summed E-state index contributed by atoms with van der Waals surface area (Å²) in [5.41, 5.74) is 0.178. The Balaban J connectivity index is 2.20. The van der Waals surface area contributed by atoms with Crippen LogP contribution in [0.15, 0.2) is 0 Å². The molecule has 2 fully saturated rings. The van der Waals surface area contributed by atoms with E-state index in [-0.39, 0.29) is 9.74 Å². The fraction of sp³-hybridized carbons (Fsp3) is 1.00. The van der Waals surface area contributed by atoms with Crippen molar-refractivity contribution in [1.29, 1.82) is 0 Å². The molecule has 1 aliphatic heterocycles. The fourth-order valence-electron chi connectivity index (χ4n) is 2.27. The van der Waals surface area contributed by atoms with E-state index in [1.165, 1.54) is 0 Å². The lowest BCUT2D eigenvalue weighted by Crippen LogP contribution is -2.40. The highest BCUT2D eigenvalue weighted by molar-refractivity contribution is 9.10. The van der Waals surface area contributed by atoms with Crippen molar-refractivity contribution < 1.29 is 9.84 Å². The van der Waals surface area contributed by atoms with Crippen LogP contribution in [0.1, 0.15) is 33.1 Å². The van der Waals surface area contributed by atoms with Crippen LogP contribution in [-0.2, 0) is 4.74 Å². The Morgan fingerprint density at radius 2 is 2.25 bits per heavy atom. The van der Waals surface area contributed by atoms with E-state index < -0.39 is 5.79 Å². The van der Waals surface area contributed by atoms with Gasteiger partial charge >= 0.3 is 0 Å². The van der Waals surface area contributed by atoms with Crippen molar-refractivity contribution in [3.63, 3.8) is 0 Å². The summed E-state index contributed by atoms with van der Waals surface area (Å²) in [6, 6.07) is 0. The van der Waals surface area contributed by atoms with Crippen LogP contribution in [-0.4, -0.2) is 21.8 Å². The summed E-state index contributed by atoms with van der Waals surface area (Å²) in [4.78, 5) is 0. The molecule has 2 nitrogen and oxygen atoms in total. The van der Waals surface area contributed by atoms with E-state index in [0.717, 1.165) is 19.3 Å². The number of fused-ring (bicyclic) bond motifs is 1. The first kappa shape index (κ1) is 8.97. The fourth-order valence-corrected chi connectivity index (χ4v) is 3.32. The Bertz CT molecular complexity index is 213. The van der Waals surface area contributed by atoms with Crippen molar-refractivity contribution in [1.82, 2.24) is 0 Å². The molecule has 2 rings (SSSR count). The molecule has 1 N–H and O–H groups in total. The molecule has 1 saturated heterocycles. The zero-order valence-electron chi connectivity index (χ0n) is 7.56. The molecule has 12 heavy (non-hydrogen) atoms. The van der Waals surface area contributed by atoms with Crippen LogP contribution in [0.3, 0.4) is 0 Å². The Kier molecular flexibility index (Phi) is 1.68. The maximum Gasteiger partial charge on any atom is 0.181 e. The van der Waals surface area contributed by atoms with Crippen LogP contribution in [0, 0.1) is 5.41 Å². The number of ether oxygens (including phenoxy) is 1. The number of hydrogen-bond donors (Lipinski definition) is 1. The Labute approximate surface area is 81.4 Å². The third-order valence-corrected chi connectivity index (χ3v) is 5.16.